The predicted molar refractivity (Wildman–Crippen MR) is 57.9 cm³/mol. The van der Waals surface area contributed by atoms with Crippen molar-refractivity contribution in [1.29, 1.82) is 0 Å². The molecule has 2 rings (SSSR count). The maximum atomic E-state index is 12.1. The first-order valence-corrected chi connectivity index (χ1v) is 5.03. The number of amides is 1. The van der Waals surface area contributed by atoms with E-state index in [0.29, 0.717) is 5.56 Å². The van der Waals surface area contributed by atoms with E-state index in [0.717, 1.165) is 0 Å². The summed E-state index contributed by atoms with van der Waals surface area (Å²) in [6, 6.07) is 3.36. The number of nitrogens with zero attached hydrogens (tertiary/aromatic N) is 3. The third kappa shape index (κ3) is 1.77. The molecule has 0 saturated carbocycles. The van der Waals surface area contributed by atoms with E-state index in [9.17, 15) is 4.79 Å². The van der Waals surface area contributed by atoms with Crippen molar-refractivity contribution in [3.8, 4) is 0 Å². The van der Waals surface area contributed by atoms with Crippen LogP contribution in [-0.2, 0) is 0 Å². The number of rotatable bonds is 2. The van der Waals surface area contributed by atoms with Crippen molar-refractivity contribution in [1.82, 2.24) is 15.0 Å². The van der Waals surface area contributed by atoms with Gasteiger partial charge in [0.05, 0.1) is 11.6 Å². The third-order valence-electron chi connectivity index (χ3n) is 2.46. The van der Waals surface area contributed by atoms with E-state index in [4.69, 9.17) is 5.11 Å². The summed E-state index contributed by atoms with van der Waals surface area (Å²) in [6.07, 6.45) is 6.68. The number of hydrogen-bond acceptors (Lipinski definition) is 4. The number of aliphatic hydroxyl groups excluding tert-OH is 1. The average molecular weight is 219 g/mol. The fraction of sp³-hybridized carbons (Fsp3) is 0.273. The van der Waals surface area contributed by atoms with Crippen LogP contribution in [0.1, 0.15) is 17.3 Å². The molecule has 1 atom stereocenters. The number of hydrogen-bond donors (Lipinski definition) is 1. The zero-order valence-electron chi connectivity index (χ0n) is 8.95. The molecule has 1 aliphatic heterocycles. The van der Waals surface area contributed by atoms with Crippen LogP contribution in [0.25, 0.3) is 0 Å². The topological polar surface area (TPSA) is 56.7 Å². The monoisotopic (exact) mass is 219 g/mol. The lowest BCUT2D eigenvalue weighted by Crippen LogP contribution is -2.44. The number of carbonyl (C=O) groups is 1. The van der Waals surface area contributed by atoms with E-state index in [1.54, 1.807) is 24.5 Å². The number of pyridine rings is 1. The van der Waals surface area contributed by atoms with Crippen molar-refractivity contribution in [2.24, 2.45) is 0 Å². The highest BCUT2D eigenvalue weighted by Gasteiger charge is 2.28. The molecule has 0 radical (unpaired) electrons. The molecule has 1 unspecified atom stereocenters. The highest BCUT2D eigenvalue weighted by Crippen LogP contribution is 2.17. The molecular formula is C11H13N3O2. The molecule has 84 valence electrons. The minimum absolute atomic E-state index is 0.0557. The van der Waals surface area contributed by atoms with Gasteiger partial charge in [-0.25, -0.2) is 5.01 Å². The van der Waals surface area contributed by atoms with Crippen LogP contribution in [0.4, 0.5) is 0 Å². The molecule has 0 aliphatic carbocycles. The molecule has 16 heavy (non-hydrogen) atoms. The van der Waals surface area contributed by atoms with E-state index in [-0.39, 0.29) is 18.7 Å². The third-order valence-corrected chi connectivity index (χ3v) is 2.46. The van der Waals surface area contributed by atoms with Crippen molar-refractivity contribution in [3.05, 3.63) is 42.4 Å². The van der Waals surface area contributed by atoms with Crippen LogP contribution < -0.4 is 0 Å². The average Bonchev–Trinajstić information content (AvgIpc) is 2.70. The van der Waals surface area contributed by atoms with Gasteiger partial charge in [0, 0.05) is 18.6 Å². The van der Waals surface area contributed by atoms with Crippen LogP contribution >= 0.6 is 0 Å². The van der Waals surface area contributed by atoms with Gasteiger partial charge >= 0.3 is 0 Å². The zero-order chi connectivity index (χ0) is 11.5. The standard InChI is InChI=1S/C11H13N3O2/c1-9-4-6-13(8-15)14(9)11(16)10-3-2-5-12-7-10/h2-7,9,15H,8H2,1H3. The van der Waals surface area contributed by atoms with Crippen molar-refractivity contribution in [3.63, 3.8) is 0 Å². The highest BCUT2D eigenvalue weighted by molar-refractivity contribution is 5.94. The van der Waals surface area contributed by atoms with E-state index >= 15 is 0 Å². The number of hydrazine groups is 1. The Morgan fingerprint density at radius 1 is 1.62 bits per heavy atom. The van der Waals surface area contributed by atoms with Gasteiger partial charge in [-0.1, -0.05) is 0 Å². The zero-order valence-corrected chi connectivity index (χ0v) is 8.95. The highest BCUT2D eigenvalue weighted by atomic mass is 16.3. The second-order valence-corrected chi connectivity index (χ2v) is 3.55. The molecule has 2 heterocycles. The largest absolute Gasteiger partial charge is 0.375 e. The Hall–Kier alpha value is -1.88. The first-order valence-electron chi connectivity index (χ1n) is 5.03. The summed E-state index contributed by atoms with van der Waals surface area (Å²) in [5, 5.41) is 12.1. The molecule has 1 aromatic rings. The van der Waals surface area contributed by atoms with Gasteiger partial charge < -0.3 is 5.11 Å². The molecule has 1 aromatic heterocycles. The lowest BCUT2D eigenvalue weighted by molar-refractivity contribution is -0.0230. The lowest BCUT2D eigenvalue weighted by atomic mass is 10.2. The molecule has 5 heteroatoms. The Bertz CT molecular complexity index is 405. The Labute approximate surface area is 93.6 Å². The summed E-state index contributed by atoms with van der Waals surface area (Å²) in [4.78, 5) is 16.0. The molecule has 5 nitrogen and oxygen atoms in total. The molecule has 0 aromatic carbocycles. The smallest absolute Gasteiger partial charge is 0.274 e. The molecule has 0 bridgehead atoms. The Balaban J connectivity index is 2.22. The van der Waals surface area contributed by atoms with Gasteiger partial charge in [0.2, 0.25) is 0 Å². The van der Waals surface area contributed by atoms with Gasteiger partial charge in [-0.15, -0.1) is 0 Å². The Morgan fingerprint density at radius 2 is 2.44 bits per heavy atom. The van der Waals surface area contributed by atoms with Crippen LogP contribution in [0.15, 0.2) is 36.8 Å². The maximum absolute atomic E-state index is 12.1. The molecule has 0 saturated heterocycles. The Kier molecular flexibility index (Phi) is 2.87. The van der Waals surface area contributed by atoms with Crippen molar-refractivity contribution in [2.75, 3.05) is 6.73 Å². The number of aromatic nitrogens is 1. The summed E-state index contributed by atoms with van der Waals surface area (Å²) < 4.78 is 0. The molecule has 1 aliphatic rings. The summed E-state index contributed by atoms with van der Waals surface area (Å²) in [5.74, 6) is -0.167. The minimum atomic E-state index is -0.215. The summed E-state index contributed by atoms with van der Waals surface area (Å²) in [5.41, 5.74) is 0.511. The van der Waals surface area contributed by atoms with Crippen LogP contribution in [-0.4, -0.2) is 38.8 Å². The molecule has 1 N–H and O–H groups in total. The van der Waals surface area contributed by atoms with Crippen LogP contribution in [0.2, 0.25) is 0 Å². The SMILES string of the molecule is CC1C=CN(CO)N1C(=O)c1cccnc1. The fourth-order valence-electron chi connectivity index (χ4n) is 1.65. The first-order chi connectivity index (χ1) is 7.74. The Morgan fingerprint density at radius 3 is 3.06 bits per heavy atom. The summed E-state index contributed by atoms with van der Waals surface area (Å²) in [6.45, 7) is 1.67. The molecule has 0 fully saturated rings. The van der Waals surface area contributed by atoms with E-state index in [2.05, 4.69) is 4.98 Å². The number of aliphatic hydroxyl groups is 1. The second kappa shape index (κ2) is 4.32. The normalized spacial score (nSPS) is 19.2. The quantitative estimate of drug-likeness (QED) is 0.791. The van der Waals surface area contributed by atoms with Gasteiger partial charge in [-0.05, 0) is 25.1 Å². The van der Waals surface area contributed by atoms with Gasteiger partial charge in [-0.2, -0.15) is 0 Å². The van der Waals surface area contributed by atoms with Gasteiger partial charge in [-0.3, -0.25) is 14.8 Å². The van der Waals surface area contributed by atoms with Gasteiger partial charge in [0.25, 0.3) is 5.91 Å². The van der Waals surface area contributed by atoms with E-state index in [1.165, 1.54) is 16.2 Å². The van der Waals surface area contributed by atoms with Crippen LogP contribution in [0, 0.1) is 0 Å². The second-order valence-electron chi connectivity index (χ2n) is 3.55. The van der Waals surface area contributed by atoms with Crippen LogP contribution in [0.5, 0.6) is 0 Å². The summed E-state index contributed by atoms with van der Waals surface area (Å²) in [7, 11) is 0. The maximum Gasteiger partial charge on any atom is 0.274 e. The number of carbonyl (C=O) groups excluding carboxylic acids is 1. The minimum Gasteiger partial charge on any atom is -0.375 e. The van der Waals surface area contributed by atoms with Crippen LogP contribution in [0.3, 0.4) is 0 Å². The van der Waals surface area contributed by atoms with E-state index < -0.39 is 0 Å². The lowest BCUT2D eigenvalue weighted by Gasteiger charge is -2.30. The van der Waals surface area contributed by atoms with Gasteiger partial charge in [0.15, 0.2) is 0 Å². The van der Waals surface area contributed by atoms with Gasteiger partial charge in [0.1, 0.15) is 6.73 Å². The van der Waals surface area contributed by atoms with Crippen molar-refractivity contribution >= 4 is 5.91 Å². The van der Waals surface area contributed by atoms with Crippen molar-refractivity contribution in [2.45, 2.75) is 13.0 Å². The van der Waals surface area contributed by atoms with Crippen molar-refractivity contribution < 1.29 is 9.90 Å². The first kappa shape index (κ1) is 10.6. The summed E-state index contributed by atoms with van der Waals surface area (Å²) >= 11 is 0. The van der Waals surface area contributed by atoms with E-state index in [1.807, 2.05) is 13.0 Å². The molecule has 0 spiro atoms. The molecule has 1 amide bonds. The fourth-order valence-corrected chi connectivity index (χ4v) is 1.65. The molecular weight excluding hydrogens is 206 g/mol. The predicted octanol–water partition coefficient (Wildman–Crippen LogP) is 0.606.